The van der Waals surface area contributed by atoms with Crippen molar-refractivity contribution in [3.05, 3.63) is 71.9 Å². The summed E-state index contributed by atoms with van der Waals surface area (Å²) in [6, 6.07) is 4.69. The van der Waals surface area contributed by atoms with Crippen LogP contribution in [0.5, 0.6) is 0 Å². The Kier molecular flexibility index (Phi) is 10.3. The van der Waals surface area contributed by atoms with Crippen LogP contribution >= 0.6 is 11.8 Å². The van der Waals surface area contributed by atoms with E-state index in [1.54, 1.807) is 24.8 Å². The SMILES string of the molecule is C=C(/C=C\C(F)=C/C)[C@@H]1CC1(C)NCCSC[C@H](NC(=O)c1ccc(F)cc1)C(=O)N1CCCCC1. The number of nitrogens with one attached hydrogen (secondary N) is 2. The maximum Gasteiger partial charge on any atom is 0.251 e. The third kappa shape index (κ3) is 8.03. The molecule has 1 aliphatic heterocycles. The summed E-state index contributed by atoms with van der Waals surface area (Å²) in [5.74, 6) is 0.382. The smallest absolute Gasteiger partial charge is 0.251 e. The Balaban J connectivity index is 1.49. The molecule has 196 valence electrons. The van der Waals surface area contributed by atoms with Crippen molar-refractivity contribution in [2.45, 2.75) is 51.1 Å². The number of carbonyl (C=O) groups is 2. The predicted molar refractivity (Wildman–Crippen MR) is 143 cm³/mol. The van der Waals surface area contributed by atoms with Gasteiger partial charge in [0.25, 0.3) is 5.91 Å². The normalized spacial score (nSPS) is 22.9. The first kappa shape index (κ1) is 28.1. The maximum atomic E-state index is 13.3. The van der Waals surface area contributed by atoms with Crippen LogP contribution < -0.4 is 10.6 Å². The Morgan fingerprint density at radius 1 is 1.22 bits per heavy atom. The van der Waals surface area contributed by atoms with E-state index in [2.05, 4.69) is 24.1 Å². The Bertz CT molecular complexity index is 989. The fraction of sp³-hybridized carbons (Fsp3) is 0.500. The lowest BCUT2D eigenvalue weighted by Crippen LogP contribution is -2.51. The highest BCUT2D eigenvalue weighted by Crippen LogP contribution is 2.47. The van der Waals surface area contributed by atoms with Crippen molar-refractivity contribution in [2.75, 3.05) is 31.1 Å². The lowest BCUT2D eigenvalue weighted by atomic mass is 10.1. The van der Waals surface area contributed by atoms with Crippen molar-refractivity contribution in [3.8, 4) is 0 Å². The van der Waals surface area contributed by atoms with Crippen LogP contribution in [0.4, 0.5) is 8.78 Å². The average Bonchev–Trinajstić information content (AvgIpc) is 3.57. The molecule has 1 aliphatic carbocycles. The number of halogens is 2. The Hall–Kier alpha value is -2.45. The molecular weight excluding hydrogens is 480 g/mol. The summed E-state index contributed by atoms with van der Waals surface area (Å²) in [5.41, 5.74) is 1.18. The maximum absolute atomic E-state index is 13.3. The molecule has 3 atom stereocenters. The van der Waals surface area contributed by atoms with Crippen molar-refractivity contribution >= 4 is 23.6 Å². The minimum absolute atomic E-state index is 0.0590. The lowest BCUT2D eigenvalue weighted by Gasteiger charge is -2.30. The van der Waals surface area contributed by atoms with E-state index in [-0.39, 0.29) is 29.1 Å². The number of likely N-dealkylation sites (tertiary alicyclic amines) is 1. The molecule has 2 amide bonds. The summed E-state index contributed by atoms with van der Waals surface area (Å²) in [7, 11) is 0. The van der Waals surface area contributed by atoms with E-state index in [1.807, 2.05) is 4.90 Å². The number of thioether (sulfide) groups is 1. The molecule has 8 heteroatoms. The number of allylic oxidation sites excluding steroid dienone is 4. The van der Waals surface area contributed by atoms with Gasteiger partial charge in [0.2, 0.25) is 5.91 Å². The van der Waals surface area contributed by atoms with Gasteiger partial charge in [-0.3, -0.25) is 9.59 Å². The molecule has 0 spiro atoms. The molecule has 1 aromatic carbocycles. The molecular formula is C28H37F2N3O2S. The van der Waals surface area contributed by atoms with Crippen molar-refractivity contribution < 1.29 is 18.4 Å². The molecule has 36 heavy (non-hydrogen) atoms. The number of nitrogens with zero attached hydrogens (tertiary/aromatic N) is 1. The number of hydrogen-bond donors (Lipinski definition) is 2. The standard InChI is InChI=1S/C28H37F2N3O2S/c1-4-22(29)11-8-20(2)24-18-28(24,3)31-14-17-36-19-25(27(35)33-15-6-5-7-16-33)32-26(34)21-9-12-23(30)13-10-21/h4,8-13,24-25,31H,2,5-7,14-19H2,1,3H3,(H,32,34)/b11-8-,22-4+/t24-,25-,28?/m0/s1. The van der Waals surface area contributed by atoms with Crippen molar-refractivity contribution in [3.63, 3.8) is 0 Å². The van der Waals surface area contributed by atoms with Gasteiger partial charge in [-0.1, -0.05) is 24.3 Å². The summed E-state index contributed by atoms with van der Waals surface area (Å²) in [5, 5.41) is 6.43. The first-order chi connectivity index (χ1) is 17.2. The van der Waals surface area contributed by atoms with Gasteiger partial charge in [0, 0.05) is 48.2 Å². The van der Waals surface area contributed by atoms with Gasteiger partial charge in [-0.25, -0.2) is 8.78 Å². The summed E-state index contributed by atoms with van der Waals surface area (Å²) in [4.78, 5) is 27.7. The number of rotatable bonds is 12. The van der Waals surface area contributed by atoms with Gasteiger partial charge in [0.15, 0.2) is 0 Å². The predicted octanol–water partition coefficient (Wildman–Crippen LogP) is 5.02. The lowest BCUT2D eigenvalue weighted by molar-refractivity contribution is -0.133. The topological polar surface area (TPSA) is 61.4 Å². The number of hydrogen-bond acceptors (Lipinski definition) is 4. The second-order valence-corrected chi connectivity index (χ2v) is 10.8. The highest BCUT2D eigenvalue weighted by atomic mass is 32.2. The number of piperidine rings is 1. The quantitative estimate of drug-likeness (QED) is 0.302. The molecule has 1 heterocycles. The molecule has 1 unspecified atom stereocenters. The first-order valence-corrected chi connectivity index (χ1v) is 13.8. The van der Waals surface area contributed by atoms with E-state index in [9.17, 15) is 18.4 Å². The summed E-state index contributed by atoms with van der Waals surface area (Å²) in [6.45, 7) is 10.0. The molecule has 5 nitrogen and oxygen atoms in total. The monoisotopic (exact) mass is 517 g/mol. The zero-order valence-corrected chi connectivity index (χ0v) is 22.0. The third-order valence-corrected chi connectivity index (χ3v) is 7.92. The second-order valence-electron chi connectivity index (χ2n) is 9.68. The van der Waals surface area contributed by atoms with E-state index in [0.717, 1.165) is 43.6 Å². The summed E-state index contributed by atoms with van der Waals surface area (Å²) >= 11 is 1.61. The number of amides is 2. The van der Waals surface area contributed by atoms with Gasteiger partial charge < -0.3 is 15.5 Å². The molecule has 1 aromatic rings. The van der Waals surface area contributed by atoms with Crippen LogP contribution in [0.3, 0.4) is 0 Å². The fourth-order valence-corrected chi connectivity index (χ4v) is 5.34. The zero-order valence-electron chi connectivity index (χ0n) is 21.2. The molecule has 1 saturated carbocycles. The highest BCUT2D eigenvalue weighted by molar-refractivity contribution is 7.99. The summed E-state index contributed by atoms with van der Waals surface area (Å²) in [6.07, 6.45) is 8.60. The van der Waals surface area contributed by atoms with E-state index in [0.29, 0.717) is 24.4 Å². The van der Waals surface area contributed by atoms with Gasteiger partial charge in [0.05, 0.1) is 0 Å². The van der Waals surface area contributed by atoms with Crippen LogP contribution in [-0.2, 0) is 4.79 Å². The molecule has 2 N–H and O–H groups in total. The number of carbonyl (C=O) groups excluding carboxylic acids is 2. The van der Waals surface area contributed by atoms with Gasteiger partial charge in [0.1, 0.15) is 17.7 Å². The van der Waals surface area contributed by atoms with Crippen LogP contribution in [0, 0.1) is 11.7 Å². The van der Waals surface area contributed by atoms with Gasteiger partial charge in [-0.15, -0.1) is 0 Å². The average molecular weight is 518 g/mol. The molecule has 0 aromatic heterocycles. The Morgan fingerprint density at radius 3 is 2.58 bits per heavy atom. The third-order valence-electron chi connectivity index (χ3n) is 6.85. The van der Waals surface area contributed by atoms with E-state index < -0.39 is 11.9 Å². The highest BCUT2D eigenvalue weighted by Gasteiger charge is 2.50. The van der Waals surface area contributed by atoms with E-state index in [4.69, 9.17) is 0 Å². The van der Waals surface area contributed by atoms with Crippen molar-refractivity contribution in [1.29, 1.82) is 0 Å². The first-order valence-electron chi connectivity index (χ1n) is 12.6. The van der Waals surface area contributed by atoms with Crippen LogP contribution in [0.25, 0.3) is 0 Å². The van der Waals surface area contributed by atoms with Gasteiger partial charge in [-0.05, 0) is 69.9 Å². The van der Waals surface area contributed by atoms with Crippen LogP contribution in [0.2, 0.25) is 0 Å². The van der Waals surface area contributed by atoms with Crippen LogP contribution in [0.15, 0.2) is 60.5 Å². The van der Waals surface area contributed by atoms with Gasteiger partial charge >= 0.3 is 0 Å². The van der Waals surface area contributed by atoms with Gasteiger partial charge in [-0.2, -0.15) is 11.8 Å². The zero-order chi connectivity index (χ0) is 26.1. The van der Waals surface area contributed by atoms with E-state index in [1.165, 1.54) is 36.4 Å². The summed E-state index contributed by atoms with van der Waals surface area (Å²) < 4.78 is 26.6. The van der Waals surface area contributed by atoms with Crippen molar-refractivity contribution in [2.24, 2.45) is 5.92 Å². The molecule has 0 bridgehead atoms. The molecule has 1 saturated heterocycles. The minimum atomic E-state index is -0.638. The Labute approximate surface area is 217 Å². The molecule has 0 radical (unpaired) electrons. The molecule has 2 fully saturated rings. The fourth-order valence-electron chi connectivity index (χ4n) is 4.46. The minimum Gasteiger partial charge on any atom is -0.341 e. The second kappa shape index (κ2) is 13.2. The van der Waals surface area contributed by atoms with Crippen LogP contribution in [0.1, 0.15) is 49.9 Å². The molecule has 3 rings (SSSR count). The molecule has 2 aliphatic rings. The Morgan fingerprint density at radius 2 is 1.92 bits per heavy atom. The van der Waals surface area contributed by atoms with Crippen LogP contribution in [-0.4, -0.2) is 59.4 Å². The number of benzene rings is 1. The van der Waals surface area contributed by atoms with E-state index >= 15 is 0 Å². The largest absolute Gasteiger partial charge is 0.341 e. The van der Waals surface area contributed by atoms with Crippen molar-refractivity contribution in [1.82, 2.24) is 15.5 Å².